The van der Waals surface area contributed by atoms with Crippen molar-refractivity contribution < 1.29 is 14.8 Å². The summed E-state index contributed by atoms with van der Waals surface area (Å²) < 4.78 is 5.97. The summed E-state index contributed by atoms with van der Waals surface area (Å²) in [5.74, 6) is 0.0881. The number of unbranched alkanes of at least 4 members (excludes halogenated alkanes) is 2. The van der Waals surface area contributed by atoms with Gasteiger partial charge in [-0.25, -0.2) is 0 Å². The third-order valence-electron chi connectivity index (χ3n) is 2.64. The molecule has 6 nitrogen and oxygen atoms in total. The van der Waals surface area contributed by atoms with Gasteiger partial charge in [0.2, 0.25) is 5.75 Å². The Morgan fingerprint density at radius 3 is 2.80 bits per heavy atom. The van der Waals surface area contributed by atoms with Crippen LogP contribution in [-0.4, -0.2) is 16.6 Å². The van der Waals surface area contributed by atoms with Gasteiger partial charge in [0.1, 0.15) is 0 Å². The van der Waals surface area contributed by atoms with Crippen molar-refractivity contribution in [1.29, 1.82) is 5.26 Å². The molecular formula is C13H15BrN2O4. The summed E-state index contributed by atoms with van der Waals surface area (Å²) in [6, 6.07) is 4.97. The lowest BCUT2D eigenvalue weighted by Crippen LogP contribution is -2.05. The minimum Gasteiger partial charge on any atom is -0.487 e. The van der Waals surface area contributed by atoms with Crippen LogP contribution in [0.4, 0.5) is 5.69 Å². The molecule has 1 aromatic carbocycles. The van der Waals surface area contributed by atoms with Crippen LogP contribution in [-0.2, 0) is 0 Å². The van der Waals surface area contributed by atoms with Crippen LogP contribution in [0.5, 0.6) is 5.75 Å². The van der Waals surface area contributed by atoms with Gasteiger partial charge in [0.15, 0.2) is 0 Å². The third-order valence-corrected chi connectivity index (χ3v) is 3.10. The Labute approximate surface area is 125 Å². The Morgan fingerprint density at radius 1 is 1.55 bits per heavy atom. The summed E-state index contributed by atoms with van der Waals surface area (Å²) in [6.07, 6.45) is 0.847. The van der Waals surface area contributed by atoms with Crippen LogP contribution < -0.4 is 4.74 Å². The van der Waals surface area contributed by atoms with Gasteiger partial charge in [-0.1, -0.05) is 15.9 Å². The topological polar surface area (TPSA) is 96.4 Å². The molecule has 0 heterocycles. The van der Waals surface area contributed by atoms with E-state index in [0.717, 1.165) is 0 Å². The lowest BCUT2D eigenvalue weighted by atomic mass is 10.1. The summed E-state index contributed by atoms with van der Waals surface area (Å²) >= 11 is 3.18. The normalized spacial score (nSPS) is 11.7. The number of aliphatic hydroxyl groups is 1. The second kappa shape index (κ2) is 7.82. The van der Waals surface area contributed by atoms with Crippen LogP contribution in [0.1, 0.15) is 37.9 Å². The fraction of sp³-hybridized carbons (Fsp3) is 0.462. The molecule has 0 bridgehead atoms. The summed E-state index contributed by atoms with van der Waals surface area (Å²) in [5, 5.41) is 29.2. The van der Waals surface area contributed by atoms with E-state index in [0.29, 0.717) is 29.3 Å². The summed E-state index contributed by atoms with van der Waals surface area (Å²) in [7, 11) is 0. The molecule has 0 saturated carbocycles. The Kier molecular flexibility index (Phi) is 6.42. The maximum Gasteiger partial charge on any atom is 0.312 e. The van der Waals surface area contributed by atoms with E-state index in [-0.39, 0.29) is 18.0 Å². The summed E-state index contributed by atoms with van der Waals surface area (Å²) in [5.41, 5.74) is 0.182. The van der Waals surface area contributed by atoms with Gasteiger partial charge in [0.25, 0.3) is 0 Å². The predicted octanol–water partition coefficient (Wildman–Crippen LogP) is 3.48. The average Bonchev–Trinajstić information content (AvgIpc) is 2.38. The number of rotatable bonds is 7. The molecule has 1 rings (SSSR count). The smallest absolute Gasteiger partial charge is 0.312 e. The molecule has 0 aromatic heterocycles. The van der Waals surface area contributed by atoms with Crippen molar-refractivity contribution in [3.63, 3.8) is 0 Å². The Bertz CT molecular complexity index is 526. The zero-order valence-electron chi connectivity index (χ0n) is 11.0. The number of aliphatic hydroxyl groups excluding tert-OH is 1. The molecule has 1 aromatic rings. The number of halogens is 1. The quantitative estimate of drug-likeness (QED) is 0.464. The molecule has 0 unspecified atom stereocenters. The molecular weight excluding hydrogens is 328 g/mol. The molecule has 108 valence electrons. The molecule has 0 saturated heterocycles. The number of nitrogens with zero attached hydrogens (tertiary/aromatic N) is 2. The standard InChI is InChI=1S/C13H15BrN2O4/c1-9(17)11-7-10(14)8-12(16(18)19)13(11)20-6-4-2-3-5-15/h7-9,17H,2-4,6H2,1H3/t9-/m1/s1. The SMILES string of the molecule is C[C@@H](O)c1cc(Br)cc([N+](=O)[O-])c1OCCCCC#N. The van der Waals surface area contributed by atoms with Gasteiger partial charge in [0, 0.05) is 22.5 Å². The Morgan fingerprint density at radius 2 is 2.25 bits per heavy atom. The molecule has 0 spiro atoms. The van der Waals surface area contributed by atoms with Crippen molar-refractivity contribution in [1.82, 2.24) is 0 Å². The van der Waals surface area contributed by atoms with Crippen molar-refractivity contribution in [2.75, 3.05) is 6.61 Å². The van der Waals surface area contributed by atoms with Crippen molar-refractivity contribution in [2.45, 2.75) is 32.3 Å². The maximum atomic E-state index is 11.1. The molecule has 0 amide bonds. The van der Waals surface area contributed by atoms with Crippen LogP contribution in [0.25, 0.3) is 0 Å². The van der Waals surface area contributed by atoms with E-state index in [1.807, 2.05) is 6.07 Å². The first-order valence-electron chi connectivity index (χ1n) is 6.13. The maximum absolute atomic E-state index is 11.1. The zero-order chi connectivity index (χ0) is 15.1. The fourth-order valence-electron chi connectivity index (χ4n) is 1.68. The fourth-order valence-corrected chi connectivity index (χ4v) is 2.15. The van der Waals surface area contributed by atoms with Crippen LogP contribution in [0.3, 0.4) is 0 Å². The van der Waals surface area contributed by atoms with E-state index < -0.39 is 11.0 Å². The highest BCUT2D eigenvalue weighted by molar-refractivity contribution is 9.10. The number of ether oxygens (including phenoxy) is 1. The minimum absolute atomic E-state index is 0.0881. The number of benzene rings is 1. The van der Waals surface area contributed by atoms with E-state index in [4.69, 9.17) is 10.00 Å². The molecule has 0 aliphatic rings. The summed E-state index contributed by atoms with van der Waals surface area (Å²) in [4.78, 5) is 10.5. The van der Waals surface area contributed by atoms with E-state index in [2.05, 4.69) is 15.9 Å². The lowest BCUT2D eigenvalue weighted by molar-refractivity contribution is -0.386. The van der Waals surface area contributed by atoms with Gasteiger partial charge >= 0.3 is 5.69 Å². The monoisotopic (exact) mass is 342 g/mol. The average molecular weight is 343 g/mol. The van der Waals surface area contributed by atoms with Crippen molar-refractivity contribution in [2.24, 2.45) is 0 Å². The highest BCUT2D eigenvalue weighted by Gasteiger charge is 2.23. The van der Waals surface area contributed by atoms with Gasteiger partial charge in [-0.3, -0.25) is 10.1 Å². The van der Waals surface area contributed by atoms with E-state index in [1.165, 1.54) is 13.0 Å². The zero-order valence-corrected chi connectivity index (χ0v) is 12.6. The molecule has 7 heteroatoms. The van der Waals surface area contributed by atoms with Crippen LogP contribution in [0.2, 0.25) is 0 Å². The number of nitro benzene ring substituents is 1. The van der Waals surface area contributed by atoms with Gasteiger partial charge in [0.05, 0.1) is 23.7 Å². The molecule has 20 heavy (non-hydrogen) atoms. The predicted molar refractivity (Wildman–Crippen MR) is 76.4 cm³/mol. The molecule has 0 fully saturated rings. The third kappa shape index (κ3) is 4.47. The van der Waals surface area contributed by atoms with Crippen LogP contribution >= 0.6 is 15.9 Å². The van der Waals surface area contributed by atoms with E-state index in [9.17, 15) is 15.2 Å². The van der Waals surface area contributed by atoms with E-state index in [1.54, 1.807) is 6.07 Å². The molecule has 0 radical (unpaired) electrons. The first-order chi connectivity index (χ1) is 9.47. The second-order valence-electron chi connectivity index (χ2n) is 4.24. The van der Waals surface area contributed by atoms with Crippen molar-refractivity contribution in [3.05, 3.63) is 32.3 Å². The Balaban J connectivity index is 2.96. The van der Waals surface area contributed by atoms with Crippen molar-refractivity contribution >= 4 is 21.6 Å². The molecule has 1 atom stereocenters. The number of hydrogen-bond donors (Lipinski definition) is 1. The highest BCUT2D eigenvalue weighted by Crippen LogP contribution is 2.37. The van der Waals surface area contributed by atoms with Crippen LogP contribution in [0.15, 0.2) is 16.6 Å². The molecule has 0 aliphatic carbocycles. The minimum atomic E-state index is -0.875. The largest absolute Gasteiger partial charge is 0.487 e. The van der Waals surface area contributed by atoms with Gasteiger partial charge in [-0.15, -0.1) is 0 Å². The molecule has 1 N–H and O–H groups in total. The van der Waals surface area contributed by atoms with Crippen LogP contribution in [0, 0.1) is 21.4 Å². The summed E-state index contributed by atoms with van der Waals surface area (Å²) in [6.45, 7) is 1.79. The van der Waals surface area contributed by atoms with Gasteiger partial charge in [-0.05, 0) is 25.8 Å². The number of hydrogen-bond acceptors (Lipinski definition) is 5. The first-order valence-corrected chi connectivity index (χ1v) is 6.92. The highest BCUT2D eigenvalue weighted by atomic mass is 79.9. The van der Waals surface area contributed by atoms with Crippen molar-refractivity contribution in [3.8, 4) is 11.8 Å². The van der Waals surface area contributed by atoms with Gasteiger partial charge in [-0.2, -0.15) is 5.26 Å². The molecule has 0 aliphatic heterocycles. The Hall–Kier alpha value is -1.65. The second-order valence-corrected chi connectivity index (χ2v) is 5.16. The first kappa shape index (κ1) is 16.4. The number of nitriles is 1. The van der Waals surface area contributed by atoms with E-state index >= 15 is 0 Å². The number of nitro groups is 1. The van der Waals surface area contributed by atoms with Gasteiger partial charge < -0.3 is 9.84 Å². The lowest BCUT2D eigenvalue weighted by Gasteiger charge is -2.14.